The van der Waals surface area contributed by atoms with Gasteiger partial charge in [0.05, 0.1) is 10.6 Å². The normalized spacial score (nSPS) is 18.2. The number of rotatable bonds is 6. The van der Waals surface area contributed by atoms with Crippen LogP contribution in [-0.2, 0) is 9.78 Å². The number of carbonyl (C=O) groups is 1. The number of hydrogen-bond donors (Lipinski definition) is 0. The van der Waals surface area contributed by atoms with Crippen molar-refractivity contribution in [1.82, 2.24) is 0 Å². The zero-order valence-electron chi connectivity index (χ0n) is 15.0. The lowest BCUT2D eigenvalue weighted by Gasteiger charge is -2.25. The summed E-state index contributed by atoms with van der Waals surface area (Å²) < 4.78 is 0. The lowest BCUT2D eigenvalue weighted by Crippen LogP contribution is -2.31. The molecule has 1 aromatic rings. The van der Waals surface area contributed by atoms with Gasteiger partial charge in [0.2, 0.25) is 0 Å². The van der Waals surface area contributed by atoms with Gasteiger partial charge in [0.25, 0.3) is 0 Å². The zero-order chi connectivity index (χ0) is 17.6. The fourth-order valence-corrected chi connectivity index (χ4v) is 3.36. The fourth-order valence-electron chi connectivity index (χ4n) is 3.13. The van der Waals surface area contributed by atoms with Crippen molar-refractivity contribution in [3.8, 4) is 0 Å². The molecule has 134 valence electrons. The lowest BCUT2D eigenvalue weighted by molar-refractivity contribution is -0.364. The van der Waals surface area contributed by atoms with Crippen molar-refractivity contribution in [2.45, 2.75) is 77.4 Å². The van der Waals surface area contributed by atoms with E-state index in [0.29, 0.717) is 22.9 Å². The van der Waals surface area contributed by atoms with E-state index in [1.807, 2.05) is 32.9 Å². The Bertz CT molecular complexity index is 528. The summed E-state index contributed by atoms with van der Waals surface area (Å²) in [6, 6.07) is 7.14. The minimum Gasteiger partial charge on any atom is -0.291 e. The van der Waals surface area contributed by atoms with Crippen LogP contribution in [0.4, 0.5) is 0 Å². The van der Waals surface area contributed by atoms with E-state index in [1.165, 1.54) is 25.7 Å². The maximum atomic E-state index is 13.0. The Labute approximate surface area is 150 Å². The van der Waals surface area contributed by atoms with Crippen molar-refractivity contribution in [2.75, 3.05) is 0 Å². The highest BCUT2D eigenvalue weighted by Gasteiger charge is 2.29. The Hall–Kier alpha value is -0.900. The summed E-state index contributed by atoms with van der Waals surface area (Å²) in [5.41, 5.74) is 0.0536. The molecular weight excluding hydrogens is 324 g/mol. The van der Waals surface area contributed by atoms with Crippen LogP contribution in [0.3, 0.4) is 0 Å². The van der Waals surface area contributed by atoms with Gasteiger partial charge >= 0.3 is 0 Å². The Morgan fingerprint density at radius 1 is 1.17 bits per heavy atom. The minimum absolute atomic E-state index is 0.0888. The van der Waals surface area contributed by atoms with E-state index in [2.05, 4.69) is 0 Å². The highest BCUT2D eigenvalue weighted by Crippen LogP contribution is 2.29. The second-order valence-corrected chi connectivity index (χ2v) is 8.13. The first-order chi connectivity index (χ1) is 11.4. The number of halogens is 1. The van der Waals surface area contributed by atoms with E-state index in [4.69, 9.17) is 21.4 Å². The monoisotopic (exact) mass is 352 g/mol. The molecule has 1 aliphatic carbocycles. The van der Waals surface area contributed by atoms with Crippen LogP contribution in [0.15, 0.2) is 24.3 Å². The van der Waals surface area contributed by atoms with Crippen LogP contribution in [0.25, 0.3) is 0 Å². The van der Waals surface area contributed by atoms with E-state index < -0.39 is 11.7 Å². The average Bonchev–Trinajstić information content (AvgIpc) is 2.79. The van der Waals surface area contributed by atoms with E-state index in [1.54, 1.807) is 12.1 Å². The fraction of sp³-hybridized carbons (Fsp3) is 0.650. The van der Waals surface area contributed by atoms with Crippen LogP contribution < -0.4 is 0 Å². The molecule has 1 fully saturated rings. The molecule has 1 unspecified atom stereocenters. The number of Topliss-reactive ketones (excluding diaryl/α,β-unsaturated/α-hetero) is 1. The summed E-state index contributed by atoms with van der Waals surface area (Å²) in [5.74, 6) is 0.418. The van der Waals surface area contributed by atoms with E-state index in [-0.39, 0.29) is 5.78 Å². The van der Waals surface area contributed by atoms with Gasteiger partial charge in [-0.2, -0.15) is 0 Å². The van der Waals surface area contributed by atoms with E-state index >= 15 is 0 Å². The molecule has 1 atom stereocenters. The largest absolute Gasteiger partial charge is 0.291 e. The zero-order valence-corrected chi connectivity index (χ0v) is 15.8. The van der Waals surface area contributed by atoms with Gasteiger partial charge in [-0.3, -0.25) is 4.79 Å². The van der Waals surface area contributed by atoms with Crippen LogP contribution in [0.5, 0.6) is 0 Å². The molecule has 24 heavy (non-hydrogen) atoms. The number of ketones is 1. The molecule has 3 nitrogen and oxygen atoms in total. The first-order valence-electron chi connectivity index (χ1n) is 9.00. The molecule has 2 rings (SSSR count). The molecule has 0 aromatic heterocycles. The van der Waals surface area contributed by atoms with Gasteiger partial charge in [-0.25, -0.2) is 9.78 Å². The predicted octanol–water partition coefficient (Wildman–Crippen LogP) is 6.00. The second-order valence-electron chi connectivity index (χ2n) is 7.72. The van der Waals surface area contributed by atoms with Crippen LogP contribution >= 0.6 is 11.6 Å². The molecule has 0 heterocycles. The number of hydrogen-bond acceptors (Lipinski definition) is 3. The predicted molar refractivity (Wildman–Crippen MR) is 97.3 cm³/mol. The number of carbonyl (C=O) groups excluding carboxylic acids is 1. The first kappa shape index (κ1) is 19.4. The molecule has 0 amide bonds. The van der Waals surface area contributed by atoms with Crippen molar-refractivity contribution in [3.63, 3.8) is 0 Å². The highest BCUT2D eigenvalue weighted by molar-refractivity contribution is 6.34. The van der Waals surface area contributed by atoms with Crippen LogP contribution in [-0.4, -0.2) is 17.5 Å². The molecule has 1 aliphatic rings. The smallest absolute Gasteiger partial charge is 0.196 e. The maximum Gasteiger partial charge on any atom is 0.196 e. The second kappa shape index (κ2) is 8.98. The summed E-state index contributed by atoms with van der Waals surface area (Å²) in [5, 5.41) is 0.465. The molecule has 4 heteroatoms. The summed E-state index contributed by atoms with van der Waals surface area (Å²) >= 11 is 6.20. The average molecular weight is 353 g/mol. The quantitative estimate of drug-likeness (QED) is 0.272. The van der Waals surface area contributed by atoms with Gasteiger partial charge in [-0.05, 0) is 45.2 Å². The molecule has 1 saturated carbocycles. The van der Waals surface area contributed by atoms with Gasteiger partial charge in [0, 0.05) is 5.56 Å². The maximum absolute atomic E-state index is 13.0. The third-order valence-electron chi connectivity index (χ3n) is 4.37. The summed E-state index contributed by atoms with van der Waals surface area (Å²) in [7, 11) is 0. The van der Waals surface area contributed by atoms with Crippen molar-refractivity contribution in [2.24, 2.45) is 5.92 Å². The van der Waals surface area contributed by atoms with Gasteiger partial charge in [0.15, 0.2) is 11.9 Å². The molecule has 0 radical (unpaired) electrons. The lowest BCUT2D eigenvalue weighted by atomic mass is 9.91. The third kappa shape index (κ3) is 6.19. The van der Waals surface area contributed by atoms with Gasteiger partial charge < -0.3 is 0 Å². The molecule has 0 saturated heterocycles. The van der Waals surface area contributed by atoms with Crippen molar-refractivity contribution in [1.29, 1.82) is 0 Å². The van der Waals surface area contributed by atoms with Crippen molar-refractivity contribution in [3.05, 3.63) is 34.9 Å². The summed E-state index contributed by atoms with van der Waals surface area (Å²) in [6.07, 6.45) is 7.46. The highest BCUT2D eigenvalue weighted by atomic mass is 35.5. The third-order valence-corrected chi connectivity index (χ3v) is 4.70. The molecular formula is C20H29ClO3. The Kier molecular flexibility index (Phi) is 7.27. The Balaban J connectivity index is 2.12. The van der Waals surface area contributed by atoms with Crippen LogP contribution in [0, 0.1) is 5.92 Å². The standard InChI is InChI=1S/C20H29ClO3/c1-20(2,3)24-23-18(14-15-10-6-4-5-7-11-15)19(22)16-12-8-9-13-17(16)21/h8-9,12-13,15,18H,4-7,10-11,14H2,1-3H3. The van der Waals surface area contributed by atoms with Crippen molar-refractivity contribution >= 4 is 17.4 Å². The summed E-state index contributed by atoms with van der Waals surface area (Å²) in [4.78, 5) is 24.0. The molecule has 1 aromatic carbocycles. The SMILES string of the molecule is CC(C)(C)OOC(CC1CCCCCC1)C(=O)c1ccccc1Cl. The molecule has 0 N–H and O–H groups in total. The van der Waals surface area contributed by atoms with Crippen LogP contribution in [0.2, 0.25) is 5.02 Å². The van der Waals surface area contributed by atoms with Crippen molar-refractivity contribution < 1.29 is 14.6 Å². The molecule has 0 aliphatic heterocycles. The van der Waals surface area contributed by atoms with Gasteiger partial charge in [-0.15, -0.1) is 0 Å². The minimum atomic E-state index is -0.604. The number of benzene rings is 1. The first-order valence-corrected chi connectivity index (χ1v) is 9.38. The van der Waals surface area contributed by atoms with E-state index in [9.17, 15) is 4.79 Å². The topological polar surface area (TPSA) is 35.5 Å². The van der Waals surface area contributed by atoms with Gasteiger partial charge in [0.1, 0.15) is 0 Å². The van der Waals surface area contributed by atoms with Gasteiger partial charge in [-0.1, -0.05) is 62.3 Å². The van der Waals surface area contributed by atoms with Crippen LogP contribution in [0.1, 0.15) is 76.1 Å². The van der Waals surface area contributed by atoms with E-state index in [0.717, 1.165) is 12.8 Å². The Morgan fingerprint density at radius 3 is 2.38 bits per heavy atom. The Morgan fingerprint density at radius 2 is 1.79 bits per heavy atom. The molecule has 0 spiro atoms. The summed E-state index contributed by atoms with van der Waals surface area (Å²) in [6.45, 7) is 5.74. The molecule has 0 bridgehead atoms.